The zero-order chi connectivity index (χ0) is 9.10. The first-order chi connectivity index (χ1) is 6.34. The van der Waals surface area contributed by atoms with Crippen LogP contribution >= 0.6 is 0 Å². The summed E-state index contributed by atoms with van der Waals surface area (Å²) < 4.78 is 0. The first kappa shape index (κ1) is 8.75. The zero-order valence-electron chi connectivity index (χ0n) is 7.87. The lowest BCUT2D eigenvalue weighted by molar-refractivity contribution is 0.323. The Bertz CT molecular complexity index is 235. The Kier molecular flexibility index (Phi) is 2.64. The fourth-order valence-corrected chi connectivity index (χ4v) is 2.10. The molecule has 1 aliphatic carbocycles. The van der Waals surface area contributed by atoms with E-state index in [4.69, 9.17) is 5.73 Å². The summed E-state index contributed by atoms with van der Waals surface area (Å²) in [6.45, 7) is 0. The normalized spacial score (nSPS) is 29.0. The number of hydrogen-bond acceptors (Lipinski definition) is 2. The summed E-state index contributed by atoms with van der Waals surface area (Å²) >= 11 is 0. The highest BCUT2D eigenvalue weighted by molar-refractivity contribution is 4.96. The monoisotopic (exact) mass is 179 g/mol. The van der Waals surface area contributed by atoms with Crippen molar-refractivity contribution in [3.63, 3.8) is 0 Å². The van der Waals surface area contributed by atoms with Crippen molar-refractivity contribution >= 4 is 0 Å². The molecular weight excluding hydrogens is 162 g/mol. The van der Waals surface area contributed by atoms with Crippen molar-refractivity contribution in [1.29, 1.82) is 0 Å². The topological polar surface area (TPSA) is 54.7 Å². The third-order valence-electron chi connectivity index (χ3n) is 2.95. The second-order valence-electron chi connectivity index (χ2n) is 4.06. The predicted molar refractivity (Wildman–Crippen MR) is 52.2 cm³/mol. The minimum Gasteiger partial charge on any atom is -0.348 e. The van der Waals surface area contributed by atoms with E-state index in [0.29, 0.717) is 6.04 Å². The molecule has 72 valence electrons. The summed E-state index contributed by atoms with van der Waals surface area (Å²) in [4.78, 5) is 7.18. The van der Waals surface area contributed by atoms with Gasteiger partial charge in [-0.2, -0.15) is 0 Å². The minimum atomic E-state index is 0.456. The highest BCUT2D eigenvalue weighted by Gasteiger charge is 2.18. The summed E-state index contributed by atoms with van der Waals surface area (Å²) in [5.74, 6) is 0.820. The van der Waals surface area contributed by atoms with Crippen molar-refractivity contribution in [2.45, 2.75) is 38.1 Å². The second kappa shape index (κ2) is 3.92. The summed E-state index contributed by atoms with van der Waals surface area (Å²) in [6, 6.07) is 0.456. The largest absolute Gasteiger partial charge is 0.348 e. The molecule has 2 rings (SSSR count). The van der Waals surface area contributed by atoms with Crippen LogP contribution in [0.15, 0.2) is 12.5 Å². The van der Waals surface area contributed by atoms with Crippen LogP contribution in [0.25, 0.3) is 0 Å². The quantitative estimate of drug-likeness (QED) is 0.722. The molecule has 1 aromatic rings. The minimum absolute atomic E-state index is 0.456. The lowest BCUT2D eigenvalue weighted by Gasteiger charge is -2.25. The molecule has 0 unspecified atom stereocenters. The van der Waals surface area contributed by atoms with E-state index in [1.54, 1.807) is 6.33 Å². The average Bonchev–Trinajstić information content (AvgIpc) is 2.62. The molecule has 1 saturated carbocycles. The van der Waals surface area contributed by atoms with Crippen LogP contribution in [0.2, 0.25) is 0 Å². The maximum atomic E-state index is 5.85. The first-order valence-electron chi connectivity index (χ1n) is 5.07. The molecule has 1 fully saturated rings. The highest BCUT2D eigenvalue weighted by Crippen LogP contribution is 2.25. The average molecular weight is 179 g/mol. The Balaban J connectivity index is 1.83. The molecule has 1 heterocycles. The molecule has 3 heteroatoms. The van der Waals surface area contributed by atoms with Crippen LogP contribution in [-0.2, 0) is 6.42 Å². The Labute approximate surface area is 78.7 Å². The lowest BCUT2D eigenvalue weighted by Crippen LogP contribution is -2.27. The van der Waals surface area contributed by atoms with Gasteiger partial charge in [0.1, 0.15) is 0 Å². The van der Waals surface area contributed by atoms with Gasteiger partial charge in [0.05, 0.1) is 6.33 Å². The number of nitrogens with two attached hydrogens (primary N) is 1. The van der Waals surface area contributed by atoms with E-state index in [-0.39, 0.29) is 0 Å². The van der Waals surface area contributed by atoms with Crippen LogP contribution in [0.5, 0.6) is 0 Å². The maximum absolute atomic E-state index is 5.85. The molecule has 0 radical (unpaired) electrons. The Morgan fingerprint density at radius 2 is 2.15 bits per heavy atom. The van der Waals surface area contributed by atoms with Crippen LogP contribution in [0, 0.1) is 5.92 Å². The first-order valence-corrected chi connectivity index (χ1v) is 5.07. The molecule has 0 saturated heterocycles. The van der Waals surface area contributed by atoms with E-state index in [9.17, 15) is 0 Å². The van der Waals surface area contributed by atoms with E-state index >= 15 is 0 Å². The molecule has 0 amide bonds. The van der Waals surface area contributed by atoms with Gasteiger partial charge >= 0.3 is 0 Å². The van der Waals surface area contributed by atoms with Crippen LogP contribution in [0.4, 0.5) is 0 Å². The molecule has 1 aliphatic rings. The van der Waals surface area contributed by atoms with Gasteiger partial charge in [0.15, 0.2) is 0 Å². The molecule has 0 aromatic carbocycles. The van der Waals surface area contributed by atoms with Crippen molar-refractivity contribution in [2.75, 3.05) is 0 Å². The Morgan fingerprint density at radius 1 is 1.38 bits per heavy atom. The van der Waals surface area contributed by atoms with Crippen molar-refractivity contribution in [2.24, 2.45) is 11.7 Å². The van der Waals surface area contributed by atoms with E-state index in [1.807, 2.05) is 6.20 Å². The van der Waals surface area contributed by atoms with Crippen molar-refractivity contribution < 1.29 is 0 Å². The molecule has 0 aliphatic heterocycles. The molecule has 1 aromatic heterocycles. The van der Waals surface area contributed by atoms with Gasteiger partial charge in [0.25, 0.3) is 0 Å². The maximum Gasteiger partial charge on any atom is 0.0921 e. The summed E-state index contributed by atoms with van der Waals surface area (Å²) in [5.41, 5.74) is 7.11. The Hall–Kier alpha value is -0.830. The fourth-order valence-electron chi connectivity index (χ4n) is 2.10. The van der Waals surface area contributed by atoms with Crippen LogP contribution in [0.3, 0.4) is 0 Å². The van der Waals surface area contributed by atoms with Gasteiger partial charge in [0, 0.05) is 17.9 Å². The number of hydrogen-bond donors (Lipinski definition) is 2. The van der Waals surface area contributed by atoms with E-state index in [2.05, 4.69) is 9.97 Å². The number of H-pyrrole nitrogens is 1. The van der Waals surface area contributed by atoms with Crippen LogP contribution in [-0.4, -0.2) is 16.0 Å². The fraction of sp³-hybridized carbons (Fsp3) is 0.700. The number of nitrogens with zero attached hydrogens (tertiary/aromatic N) is 1. The lowest BCUT2D eigenvalue weighted by atomic mass is 9.84. The van der Waals surface area contributed by atoms with Gasteiger partial charge in [-0.15, -0.1) is 0 Å². The smallest absolute Gasteiger partial charge is 0.0921 e. The van der Waals surface area contributed by atoms with Gasteiger partial charge in [-0.05, 0) is 38.0 Å². The summed E-state index contributed by atoms with van der Waals surface area (Å²) in [6.07, 6.45) is 9.77. The molecule has 0 atom stereocenters. The summed E-state index contributed by atoms with van der Waals surface area (Å²) in [5, 5.41) is 0. The van der Waals surface area contributed by atoms with Crippen molar-refractivity contribution in [1.82, 2.24) is 9.97 Å². The molecular formula is C10H17N3. The number of imidazole rings is 1. The van der Waals surface area contributed by atoms with E-state index < -0.39 is 0 Å². The van der Waals surface area contributed by atoms with Gasteiger partial charge in [0.2, 0.25) is 0 Å². The predicted octanol–water partition coefficient (Wildman–Crippen LogP) is 1.47. The molecule has 3 nitrogen and oxygen atoms in total. The number of rotatable bonds is 2. The summed E-state index contributed by atoms with van der Waals surface area (Å²) in [7, 11) is 0. The van der Waals surface area contributed by atoms with Crippen LogP contribution in [0.1, 0.15) is 31.4 Å². The van der Waals surface area contributed by atoms with Gasteiger partial charge < -0.3 is 10.7 Å². The molecule has 3 N–H and O–H groups in total. The highest BCUT2D eigenvalue weighted by atomic mass is 14.9. The van der Waals surface area contributed by atoms with Crippen molar-refractivity contribution in [3.05, 3.63) is 18.2 Å². The standard InChI is InChI=1S/C10H17N3/c11-9-3-1-8(2-4-9)5-10-6-12-7-13-10/h6-9H,1-5,11H2,(H,12,13). The van der Waals surface area contributed by atoms with Gasteiger partial charge in [-0.1, -0.05) is 0 Å². The number of aromatic amines is 1. The molecule has 13 heavy (non-hydrogen) atoms. The van der Waals surface area contributed by atoms with Crippen molar-refractivity contribution in [3.8, 4) is 0 Å². The van der Waals surface area contributed by atoms with E-state index in [0.717, 1.165) is 12.3 Å². The number of aromatic nitrogens is 2. The van der Waals surface area contributed by atoms with E-state index in [1.165, 1.54) is 31.4 Å². The van der Waals surface area contributed by atoms with Gasteiger partial charge in [-0.25, -0.2) is 4.98 Å². The number of nitrogens with one attached hydrogen (secondary N) is 1. The molecule has 0 bridgehead atoms. The zero-order valence-corrected chi connectivity index (χ0v) is 7.87. The third-order valence-corrected chi connectivity index (χ3v) is 2.95. The molecule has 0 spiro atoms. The van der Waals surface area contributed by atoms with Crippen LogP contribution < -0.4 is 5.73 Å². The van der Waals surface area contributed by atoms with Gasteiger partial charge in [-0.3, -0.25) is 0 Å². The third kappa shape index (κ3) is 2.31. The SMILES string of the molecule is NC1CCC(Cc2cnc[nH]2)CC1. The Morgan fingerprint density at radius 3 is 2.77 bits per heavy atom. The second-order valence-corrected chi connectivity index (χ2v) is 4.06.